The van der Waals surface area contributed by atoms with E-state index in [0.717, 1.165) is 29.3 Å². The van der Waals surface area contributed by atoms with Crippen molar-refractivity contribution in [3.63, 3.8) is 0 Å². The predicted molar refractivity (Wildman–Crippen MR) is 118 cm³/mol. The van der Waals surface area contributed by atoms with Gasteiger partial charge in [-0.05, 0) is 75.3 Å². The van der Waals surface area contributed by atoms with Crippen LogP contribution in [-0.4, -0.2) is 37.1 Å². The minimum atomic E-state index is -0.133. The summed E-state index contributed by atoms with van der Waals surface area (Å²) in [5.74, 6) is 4.07. The monoisotopic (exact) mass is 432 g/mol. The molecule has 0 saturated heterocycles. The smallest absolute Gasteiger partial charge is 0.276 e. The van der Waals surface area contributed by atoms with Gasteiger partial charge in [-0.1, -0.05) is 5.16 Å². The average Bonchev–Trinajstić information content (AvgIpc) is 3.41. The third-order valence-electron chi connectivity index (χ3n) is 7.84. The Morgan fingerprint density at radius 2 is 1.91 bits per heavy atom. The van der Waals surface area contributed by atoms with Gasteiger partial charge in [-0.15, -0.1) is 0 Å². The van der Waals surface area contributed by atoms with E-state index in [2.05, 4.69) is 15.1 Å². The highest BCUT2D eigenvalue weighted by Gasteiger charge is 2.54. The predicted octanol–water partition coefficient (Wildman–Crippen LogP) is 4.00. The highest BCUT2D eigenvalue weighted by molar-refractivity contribution is 6.05. The molecule has 7 rings (SSSR count). The summed E-state index contributed by atoms with van der Waals surface area (Å²) in [5, 5.41) is 4.30. The summed E-state index contributed by atoms with van der Waals surface area (Å²) >= 11 is 0. The van der Waals surface area contributed by atoms with Crippen LogP contribution in [0, 0.1) is 17.8 Å². The van der Waals surface area contributed by atoms with Crippen LogP contribution < -0.4 is 4.90 Å². The van der Waals surface area contributed by atoms with Crippen LogP contribution in [0.2, 0.25) is 0 Å². The zero-order valence-corrected chi connectivity index (χ0v) is 18.6. The maximum Gasteiger partial charge on any atom is 0.276 e. The number of amides is 1. The number of hydrogen-bond acceptors (Lipinski definition) is 6. The lowest BCUT2D eigenvalue weighted by molar-refractivity contribution is -0.0201. The van der Waals surface area contributed by atoms with Crippen molar-refractivity contribution in [1.82, 2.24) is 24.7 Å². The first-order chi connectivity index (χ1) is 15.6. The van der Waals surface area contributed by atoms with E-state index in [1.807, 2.05) is 26.1 Å². The van der Waals surface area contributed by atoms with Crippen molar-refractivity contribution in [1.29, 1.82) is 0 Å². The molecule has 32 heavy (non-hydrogen) atoms. The van der Waals surface area contributed by atoms with Crippen molar-refractivity contribution in [2.24, 2.45) is 24.8 Å². The molecular formula is C24H28N6O2. The zero-order valence-electron chi connectivity index (χ0n) is 18.6. The van der Waals surface area contributed by atoms with E-state index in [4.69, 9.17) is 9.51 Å². The van der Waals surface area contributed by atoms with Crippen LogP contribution in [0.5, 0.6) is 0 Å². The molecule has 3 heterocycles. The standard InChI is InChI=1S/C24H28N6O2/c1-3-30(18-5-4-6-25-13-18)22(31)19-14-26-21(29(19)2)20-27-23(32-28-20)24-10-15-7-16(11-24)9-17(8-15)12-24/h4-6,13-17H,3,7-12H2,1-2H3. The fourth-order valence-corrected chi connectivity index (χ4v) is 6.81. The van der Waals surface area contributed by atoms with Gasteiger partial charge in [0.1, 0.15) is 5.69 Å². The van der Waals surface area contributed by atoms with Gasteiger partial charge in [0, 0.05) is 19.8 Å². The number of pyridine rings is 1. The minimum absolute atomic E-state index is 0.0448. The minimum Gasteiger partial charge on any atom is -0.338 e. The molecule has 4 bridgehead atoms. The quantitative estimate of drug-likeness (QED) is 0.605. The molecule has 4 saturated carbocycles. The topological polar surface area (TPSA) is 89.9 Å². The summed E-state index contributed by atoms with van der Waals surface area (Å²) in [5.41, 5.74) is 1.28. The molecule has 8 heteroatoms. The van der Waals surface area contributed by atoms with Gasteiger partial charge in [-0.2, -0.15) is 4.98 Å². The first-order valence-corrected chi connectivity index (χ1v) is 11.6. The molecule has 0 aliphatic heterocycles. The summed E-state index contributed by atoms with van der Waals surface area (Å²) in [6.07, 6.45) is 12.6. The van der Waals surface area contributed by atoms with Crippen LogP contribution in [0.4, 0.5) is 5.69 Å². The molecule has 4 fully saturated rings. The van der Waals surface area contributed by atoms with Crippen molar-refractivity contribution in [3.8, 4) is 11.6 Å². The van der Waals surface area contributed by atoms with Crippen molar-refractivity contribution in [2.45, 2.75) is 50.9 Å². The lowest BCUT2D eigenvalue weighted by atomic mass is 9.49. The van der Waals surface area contributed by atoms with Gasteiger partial charge in [-0.3, -0.25) is 9.78 Å². The summed E-state index contributed by atoms with van der Waals surface area (Å²) in [6.45, 7) is 2.47. The summed E-state index contributed by atoms with van der Waals surface area (Å²) in [6, 6.07) is 3.70. The molecule has 4 aliphatic carbocycles. The average molecular weight is 433 g/mol. The SMILES string of the molecule is CCN(C(=O)c1cnc(-c2noc(C34CC5CC(CC(C5)C3)C4)n2)n1C)c1cccnc1. The fraction of sp³-hybridized carbons (Fsp3) is 0.542. The highest BCUT2D eigenvalue weighted by Crippen LogP contribution is 2.60. The summed E-state index contributed by atoms with van der Waals surface area (Å²) < 4.78 is 7.61. The summed E-state index contributed by atoms with van der Waals surface area (Å²) in [4.78, 5) is 28.4. The zero-order chi connectivity index (χ0) is 21.9. The molecule has 0 N–H and O–H groups in total. The lowest BCUT2D eigenvalue weighted by Crippen LogP contribution is -2.48. The molecule has 166 valence electrons. The van der Waals surface area contributed by atoms with Gasteiger partial charge in [0.2, 0.25) is 11.7 Å². The van der Waals surface area contributed by atoms with E-state index in [1.165, 1.54) is 38.5 Å². The van der Waals surface area contributed by atoms with E-state index in [9.17, 15) is 4.79 Å². The maximum atomic E-state index is 13.2. The molecule has 0 aromatic carbocycles. The normalized spacial score (nSPS) is 28.2. The Labute approximate surface area is 187 Å². The van der Waals surface area contributed by atoms with Crippen molar-refractivity contribution in [3.05, 3.63) is 42.3 Å². The third kappa shape index (κ3) is 2.99. The molecule has 0 atom stereocenters. The van der Waals surface area contributed by atoms with Crippen molar-refractivity contribution in [2.75, 3.05) is 11.4 Å². The molecule has 1 amide bonds. The van der Waals surface area contributed by atoms with Crippen LogP contribution in [0.1, 0.15) is 61.8 Å². The Kier molecular flexibility index (Phi) is 4.45. The van der Waals surface area contributed by atoms with Gasteiger partial charge < -0.3 is 14.0 Å². The molecule has 3 aromatic rings. The number of imidazole rings is 1. The third-order valence-corrected chi connectivity index (χ3v) is 7.84. The number of anilines is 1. The number of carbonyl (C=O) groups excluding carboxylic acids is 1. The Morgan fingerprint density at radius 1 is 1.19 bits per heavy atom. The van der Waals surface area contributed by atoms with Gasteiger partial charge in [0.15, 0.2) is 5.82 Å². The molecule has 0 spiro atoms. The Hall–Kier alpha value is -3.03. The fourth-order valence-electron chi connectivity index (χ4n) is 6.81. The van der Waals surface area contributed by atoms with E-state index in [0.29, 0.717) is 23.9 Å². The Morgan fingerprint density at radius 3 is 2.53 bits per heavy atom. The molecular weight excluding hydrogens is 404 g/mol. The van der Waals surface area contributed by atoms with Crippen LogP contribution in [0.15, 0.2) is 35.2 Å². The molecule has 0 unspecified atom stereocenters. The van der Waals surface area contributed by atoms with E-state index < -0.39 is 0 Å². The van der Waals surface area contributed by atoms with Gasteiger partial charge in [0.25, 0.3) is 5.91 Å². The molecule has 3 aromatic heterocycles. The van der Waals surface area contributed by atoms with Gasteiger partial charge in [0.05, 0.1) is 23.5 Å². The Bertz CT molecular complexity index is 1120. The number of rotatable bonds is 5. The van der Waals surface area contributed by atoms with E-state index in [1.54, 1.807) is 28.1 Å². The number of hydrogen-bond donors (Lipinski definition) is 0. The second kappa shape index (κ2) is 7.25. The van der Waals surface area contributed by atoms with Crippen LogP contribution in [-0.2, 0) is 12.5 Å². The van der Waals surface area contributed by atoms with Crippen molar-refractivity contribution >= 4 is 11.6 Å². The second-order valence-corrected chi connectivity index (χ2v) is 9.91. The van der Waals surface area contributed by atoms with Gasteiger partial charge in [-0.25, -0.2) is 4.98 Å². The second-order valence-electron chi connectivity index (χ2n) is 9.91. The Balaban J connectivity index is 1.29. The number of aromatic nitrogens is 5. The van der Waals surface area contributed by atoms with Crippen molar-refractivity contribution < 1.29 is 9.32 Å². The summed E-state index contributed by atoms with van der Waals surface area (Å²) in [7, 11) is 1.83. The van der Waals surface area contributed by atoms with Gasteiger partial charge >= 0.3 is 0 Å². The molecule has 0 radical (unpaired) electrons. The number of carbonyl (C=O) groups is 1. The molecule has 4 aliphatic rings. The van der Waals surface area contributed by atoms with Crippen LogP contribution >= 0.6 is 0 Å². The molecule has 8 nitrogen and oxygen atoms in total. The lowest BCUT2D eigenvalue weighted by Gasteiger charge is -2.55. The van der Waals surface area contributed by atoms with Crippen LogP contribution in [0.25, 0.3) is 11.6 Å². The first kappa shape index (κ1) is 19.6. The van der Waals surface area contributed by atoms with E-state index >= 15 is 0 Å². The van der Waals surface area contributed by atoms with E-state index in [-0.39, 0.29) is 11.3 Å². The largest absolute Gasteiger partial charge is 0.338 e. The number of nitrogens with zero attached hydrogens (tertiary/aromatic N) is 6. The van der Waals surface area contributed by atoms with Crippen LogP contribution in [0.3, 0.4) is 0 Å². The highest BCUT2D eigenvalue weighted by atomic mass is 16.5. The first-order valence-electron chi connectivity index (χ1n) is 11.6. The maximum absolute atomic E-state index is 13.2.